The van der Waals surface area contributed by atoms with Crippen molar-refractivity contribution >= 4 is 22.0 Å². The smallest absolute Gasteiger partial charge is 0.410 e. The van der Waals surface area contributed by atoms with E-state index in [1.165, 1.54) is 0 Å². The Morgan fingerprint density at radius 1 is 1.71 bits per heavy atom. The molecule has 4 heteroatoms. The molecule has 1 fully saturated rings. The van der Waals surface area contributed by atoms with Crippen molar-refractivity contribution in [1.29, 1.82) is 0 Å². The highest BCUT2D eigenvalue weighted by molar-refractivity contribution is 9.09. The third-order valence-corrected chi connectivity index (χ3v) is 3.56. The maximum Gasteiger partial charge on any atom is 0.410 e. The largest absolute Gasteiger partial charge is 0.445 e. The van der Waals surface area contributed by atoms with Gasteiger partial charge in [0.25, 0.3) is 0 Å². The minimum absolute atomic E-state index is 0.0439. The Balaban J connectivity index is 2.14. The highest BCUT2D eigenvalue weighted by atomic mass is 79.9. The van der Waals surface area contributed by atoms with Crippen molar-refractivity contribution in [3.05, 3.63) is 12.2 Å². The van der Waals surface area contributed by atoms with Gasteiger partial charge in [-0.25, -0.2) is 4.79 Å². The van der Waals surface area contributed by atoms with Gasteiger partial charge < -0.3 is 4.74 Å². The number of halogens is 1. The SMILES string of the molecule is C[C@H]1C=CC[C@@H]2C[C@@H](CBr)OC(=O)N21. The van der Waals surface area contributed by atoms with Gasteiger partial charge in [0, 0.05) is 17.8 Å². The summed E-state index contributed by atoms with van der Waals surface area (Å²) < 4.78 is 5.28. The molecule has 2 rings (SSSR count). The van der Waals surface area contributed by atoms with Gasteiger partial charge in [-0.2, -0.15) is 0 Å². The number of ether oxygens (including phenoxy) is 1. The van der Waals surface area contributed by atoms with E-state index in [4.69, 9.17) is 4.74 Å². The van der Waals surface area contributed by atoms with Crippen LogP contribution in [0.25, 0.3) is 0 Å². The minimum Gasteiger partial charge on any atom is -0.445 e. The molecule has 2 aliphatic rings. The summed E-state index contributed by atoms with van der Waals surface area (Å²) in [5.41, 5.74) is 0. The van der Waals surface area contributed by atoms with Crippen LogP contribution < -0.4 is 0 Å². The number of amides is 1. The first-order valence-corrected chi connectivity index (χ1v) is 6.06. The Kier molecular flexibility index (Phi) is 2.81. The quantitative estimate of drug-likeness (QED) is 0.535. The number of hydrogen-bond acceptors (Lipinski definition) is 2. The van der Waals surface area contributed by atoms with Gasteiger partial charge in [0.2, 0.25) is 0 Å². The molecule has 3 atom stereocenters. The molecule has 0 aromatic heterocycles. The number of nitrogens with zero attached hydrogens (tertiary/aromatic N) is 1. The second kappa shape index (κ2) is 3.93. The molecule has 0 N–H and O–H groups in total. The van der Waals surface area contributed by atoms with E-state index in [0.29, 0.717) is 6.04 Å². The molecule has 78 valence electrons. The van der Waals surface area contributed by atoms with E-state index in [2.05, 4.69) is 28.1 Å². The number of cyclic esters (lactones) is 1. The average Bonchev–Trinajstić information content (AvgIpc) is 2.17. The summed E-state index contributed by atoms with van der Waals surface area (Å²) in [6.07, 6.45) is 6.00. The van der Waals surface area contributed by atoms with E-state index >= 15 is 0 Å². The molecular weight excluding hydrogens is 246 g/mol. The van der Waals surface area contributed by atoms with E-state index in [1.54, 1.807) is 0 Å². The summed E-state index contributed by atoms with van der Waals surface area (Å²) >= 11 is 3.36. The first kappa shape index (κ1) is 10.0. The van der Waals surface area contributed by atoms with Crippen molar-refractivity contribution in [2.24, 2.45) is 0 Å². The van der Waals surface area contributed by atoms with Gasteiger partial charge in [-0.1, -0.05) is 28.1 Å². The van der Waals surface area contributed by atoms with Crippen LogP contribution in [-0.4, -0.2) is 34.5 Å². The Morgan fingerprint density at radius 3 is 3.21 bits per heavy atom. The standard InChI is InChI=1S/C10H14BrNO2/c1-7-3-2-4-8-5-9(6-11)14-10(13)12(7)8/h2-3,7-9H,4-6H2,1H3/t7-,8+,9-/m0/s1. The summed E-state index contributed by atoms with van der Waals surface area (Å²) in [5.74, 6) is 0. The van der Waals surface area contributed by atoms with Gasteiger partial charge in [-0.15, -0.1) is 0 Å². The Labute approximate surface area is 92.2 Å². The first-order chi connectivity index (χ1) is 6.72. The normalized spacial score (nSPS) is 36.6. The molecule has 0 unspecified atom stereocenters. The van der Waals surface area contributed by atoms with Gasteiger partial charge in [0.1, 0.15) is 6.10 Å². The number of hydrogen-bond donors (Lipinski definition) is 0. The van der Waals surface area contributed by atoms with Gasteiger partial charge >= 0.3 is 6.09 Å². The zero-order valence-electron chi connectivity index (χ0n) is 8.15. The van der Waals surface area contributed by atoms with Crippen LogP contribution in [0.15, 0.2) is 12.2 Å². The van der Waals surface area contributed by atoms with E-state index in [0.717, 1.165) is 18.2 Å². The van der Waals surface area contributed by atoms with Crippen LogP contribution in [0.1, 0.15) is 19.8 Å². The molecule has 2 heterocycles. The predicted molar refractivity (Wildman–Crippen MR) is 57.5 cm³/mol. The van der Waals surface area contributed by atoms with Crippen LogP contribution in [0.5, 0.6) is 0 Å². The van der Waals surface area contributed by atoms with Crippen LogP contribution in [0.3, 0.4) is 0 Å². The number of fused-ring (bicyclic) bond motifs is 1. The molecule has 14 heavy (non-hydrogen) atoms. The molecule has 0 aliphatic carbocycles. The Bertz CT molecular complexity index is 267. The lowest BCUT2D eigenvalue weighted by molar-refractivity contribution is -0.00109. The molecule has 3 nitrogen and oxygen atoms in total. The Hall–Kier alpha value is -0.510. The second-order valence-corrected chi connectivity index (χ2v) is 4.51. The van der Waals surface area contributed by atoms with E-state index in [1.807, 2.05) is 11.8 Å². The first-order valence-electron chi connectivity index (χ1n) is 4.94. The second-order valence-electron chi connectivity index (χ2n) is 3.86. The maximum absolute atomic E-state index is 11.7. The number of alkyl halides is 1. The number of carbonyl (C=O) groups excluding carboxylic acids is 1. The van der Waals surface area contributed by atoms with Crippen LogP contribution in [-0.2, 0) is 4.74 Å². The molecule has 0 spiro atoms. The van der Waals surface area contributed by atoms with E-state index < -0.39 is 0 Å². The topological polar surface area (TPSA) is 29.5 Å². The Morgan fingerprint density at radius 2 is 2.50 bits per heavy atom. The molecule has 1 saturated heterocycles. The zero-order chi connectivity index (χ0) is 10.1. The molecule has 0 aromatic carbocycles. The lowest BCUT2D eigenvalue weighted by atomic mass is 9.97. The van der Waals surface area contributed by atoms with Crippen molar-refractivity contribution in [1.82, 2.24) is 4.90 Å². The number of rotatable bonds is 1. The van der Waals surface area contributed by atoms with E-state index in [-0.39, 0.29) is 18.2 Å². The third-order valence-electron chi connectivity index (χ3n) is 2.84. The summed E-state index contributed by atoms with van der Waals surface area (Å²) in [5, 5.41) is 0.737. The lowest BCUT2D eigenvalue weighted by Gasteiger charge is -2.42. The molecule has 1 amide bonds. The fourth-order valence-electron chi connectivity index (χ4n) is 2.15. The van der Waals surface area contributed by atoms with Gasteiger partial charge in [0.15, 0.2) is 0 Å². The molecule has 0 radical (unpaired) electrons. The van der Waals surface area contributed by atoms with Crippen LogP contribution in [0.4, 0.5) is 4.79 Å². The number of carbonyl (C=O) groups is 1. The highest BCUT2D eigenvalue weighted by Crippen LogP contribution is 2.28. The van der Waals surface area contributed by atoms with E-state index in [9.17, 15) is 4.79 Å². The summed E-state index contributed by atoms with van der Waals surface area (Å²) in [4.78, 5) is 13.5. The zero-order valence-corrected chi connectivity index (χ0v) is 9.74. The average molecular weight is 260 g/mol. The molecule has 2 aliphatic heterocycles. The maximum atomic E-state index is 11.7. The summed E-state index contributed by atoms with van der Waals surface area (Å²) in [7, 11) is 0. The van der Waals surface area contributed by atoms with Crippen molar-refractivity contribution in [2.75, 3.05) is 5.33 Å². The third kappa shape index (κ3) is 1.67. The van der Waals surface area contributed by atoms with Gasteiger partial charge in [-0.3, -0.25) is 4.90 Å². The van der Waals surface area contributed by atoms with Crippen LogP contribution >= 0.6 is 15.9 Å². The molecule has 0 bridgehead atoms. The molecule has 0 aromatic rings. The minimum atomic E-state index is -0.164. The lowest BCUT2D eigenvalue weighted by Crippen LogP contribution is -2.53. The monoisotopic (exact) mass is 259 g/mol. The molecular formula is C10H14BrNO2. The molecule has 0 saturated carbocycles. The van der Waals surface area contributed by atoms with Crippen molar-refractivity contribution in [3.8, 4) is 0 Å². The predicted octanol–water partition coefficient (Wildman–Crippen LogP) is 2.31. The summed E-state index contributed by atoms with van der Waals surface area (Å²) in [6, 6.07) is 0.510. The fraction of sp³-hybridized carbons (Fsp3) is 0.700. The van der Waals surface area contributed by atoms with Crippen LogP contribution in [0, 0.1) is 0 Å². The highest BCUT2D eigenvalue weighted by Gasteiger charge is 2.37. The van der Waals surface area contributed by atoms with Gasteiger partial charge in [-0.05, 0) is 13.3 Å². The summed E-state index contributed by atoms with van der Waals surface area (Å²) in [6.45, 7) is 2.03. The van der Waals surface area contributed by atoms with Gasteiger partial charge in [0.05, 0.1) is 6.04 Å². The van der Waals surface area contributed by atoms with Crippen molar-refractivity contribution in [3.63, 3.8) is 0 Å². The van der Waals surface area contributed by atoms with Crippen molar-refractivity contribution in [2.45, 2.75) is 38.0 Å². The van der Waals surface area contributed by atoms with Crippen molar-refractivity contribution < 1.29 is 9.53 Å². The van der Waals surface area contributed by atoms with Crippen LogP contribution in [0.2, 0.25) is 0 Å². The fourth-order valence-corrected chi connectivity index (χ4v) is 2.54.